The van der Waals surface area contributed by atoms with Gasteiger partial charge < -0.3 is 20.6 Å². The number of likely N-dealkylation sites (N-methyl/N-ethyl adjacent to an activating group) is 2. The van der Waals surface area contributed by atoms with Gasteiger partial charge in [-0.05, 0) is 36.7 Å². The third-order valence-corrected chi connectivity index (χ3v) is 3.57. The molecule has 1 atom stereocenters. The number of hydrogen-bond donors (Lipinski definition) is 2. The molecule has 0 aliphatic carbocycles. The molecule has 0 fully saturated rings. The van der Waals surface area contributed by atoms with Crippen LogP contribution >= 0.6 is 0 Å². The van der Waals surface area contributed by atoms with Gasteiger partial charge in [0.05, 0.1) is 12.5 Å². The number of benzene rings is 1. The molecule has 1 amide bonds. The molecule has 1 heterocycles. The number of nitrogens with zero attached hydrogens (tertiary/aromatic N) is 2. The first-order valence-corrected chi connectivity index (χ1v) is 6.51. The van der Waals surface area contributed by atoms with Gasteiger partial charge in [-0.3, -0.25) is 4.79 Å². The maximum atomic E-state index is 11.6. The molecule has 5 heteroatoms. The molecule has 1 aromatic rings. The molecule has 0 saturated heterocycles. The highest BCUT2D eigenvalue weighted by Crippen LogP contribution is 2.31. The van der Waals surface area contributed by atoms with Crippen molar-refractivity contribution in [3.63, 3.8) is 0 Å². The molecule has 0 saturated carbocycles. The number of carbonyl (C=O) groups is 1. The topological polar surface area (TPSA) is 69.8 Å². The van der Waals surface area contributed by atoms with Crippen molar-refractivity contribution < 1.29 is 9.90 Å². The smallest absolute Gasteiger partial charge is 0.231 e. The van der Waals surface area contributed by atoms with Crippen molar-refractivity contribution in [2.45, 2.75) is 18.9 Å². The highest BCUT2D eigenvalue weighted by atomic mass is 16.3. The van der Waals surface area contributed by atoms with Gasteiger partial charge >= 0.3 is 0 Å². The van der Waals surface area contributed by atoms with Crippen LogP contribution in [0.5, 0.6) is 0 Å². The molecule has 0 spiro atoms. The van der Waals surface area contributed by atoms with Gasteiger partial charge in [-0.15, -0.1) is 0 Å². The van der Waals surface area contributed by atoms with Crippen LogP contribution in [0.3, 0.4) is 0 Å². The summed E-state index contributed by atoms with van der Waals surface area (Å²) in [5.41, 5.74) is 8.46. The van der Waals surface area contributed by atoms with E-state index in [9.17, 15) is 9.90 Å². The average Bonchev–Trinajstić information content (AvgIpc) is 2.65. The van der Waals surface area contributed by atoms with Crippen LogP contribution < -0.4 is 15.5 Å². The number of aliphatic hydroxyl groups excluding tert-OH is 1. The Morgan fingerprint density at radius 2 is 2.26 bits per heavy atom. The summed E-state index contributed by atoms with van der Waals surface area (Å²) in [5, 5.41) is 9.77. The Morgan fingerprint density at radius 1 is 1.53 bits per heavy atom. The number of rotatable bonds is 5. The van der Waals surface area contributed by atoms with E-state index in [1.807, 2.05) is 30.1 Å². The molecule has 1 aliphatic rings. The zero-order valence-electron chi connectivity index (χ0n) is 11.5. The summed E-state index contributed by atoms with van der Waals surface area (Å²) < 4.78 is 0. The normalized spacial score (nSPS) is 15.6. The Hall–Kier alpha value is -1.59. The maximum absolute atomic E-state index is 11.6. The largest absolute Gasteiger partial charge is 0.391 e. The first-order chi connectivity index (χ1) is 9.02. The SMILES string of the molecule is CN(CC(O)CCN)c1ccc2c(c1)CC(=O)N2C. The summed E-state index contributed by atoms with van der Waals surface area (Å²) >= 11 is 0. The summed E-state index contributed by atoms with van der Waals surface area (Å²) in [4.78, 5) is 15.3. The van der Waals surface area contributed by atoms with Crippen molar-refractivity contribution in [2.75, 3.05) is 37.0 Å². The van der Waals surface area contributed by atoms with Crippen LogP contribution in [0.25, 0.3) is 0 Å². The first kappa shape index (κ1) is 13.8. The molecular formula is C14H21N3O2. The van der Waals surface area contributed by atoms with E-state index in [4.69, 9.17) is 5.73 Å². The van der Waals surface area contributed by atoms with E-state index in [1.54, 1.807) is 11.9 Å². The summed E-state index contributed by atoms with van der Waals surface area (Å²) in [7, 11) is 3.73. The highest BCUT2D eigenvalue weighted by Gasteiger charge is 2.24. The van der Waals surface area contributed by atoms with Gasteiger partial charge in [0.25, 0.3) is 0 Å². The van der Waals surface area contributed by atoms with Crippen LogP contribution in [-0.4, -0.2) is 44.3 Å². The second-order valence-electron chi connectivity index (χ2n) is 5.05. The van der Waals surface area contributed by atoms with Crippen molar-refractivity contribution in [1.82, 2.24) is 0 Å². The van der Waals surface area contributed by atoms with E-state index >= 15 is 0 Å². The quantitative estimate of drug-likeness (QED) is 0.804. The molecular weight excluding hydrogens is 242 g/mol. The number of anilines is 2. The molecule has 1 aromatic carbocycles. The van der Waals surface area contributed by atoms with Crippen LogP contribution in [0.4, 0.5) is 11.4 Å². The number of amides is 1. The Labute approximate surface area is 113 Å². The zero-order valence-corrected chi connectivity index (χ0v) is 11.5. The molecule has 0 bridgehead atoms. The standard InChI is InChI=1S/C14H21N3O2/c1-16(9-12(18)5-6-15)11-3-4-13-10(7-11)8-14(19)17(13)2/h3-4,7,12,18H,5-6,8-9,15H2,1-2H3. The lowest BCUT2D eigenvalue weighted by Gasteiger charge is -2.23. The fourth-order valence-electron chi connectivity index (χ4n) is 2.40. The molecule has 5 nitrogen and oxygen atoms in total. The number of aliphatic hydroxyl groups is 1. The predicted molar refractivity (Wildman–Crippen MR) is 76.5 cm³/mol. The van der Waals surface area contributed by atoms with E-state index in [0.717, 1.165) is 16.9 Å². The summed E-state index contributed by atoms with van der Waals surface area (Å²) in [6.45, 7) is 1.03. The van der Waals surface area contributed by atoms with Crippen molar-refractivity contribution in [2.24, 2.45) is 5.73 Å². The fraction of sp³-hybridized carbons (Fsp3) is 0.500. The van der Waals surface area contributed by atoms with E-state index in [0.29, 0.717) is 25.9 Å². The zero-order chi connectivity index (χ0) is 14.0. The van der Waals surface area contributed by atoms with Crippen LogP contribution in [0, 0.1) is 0 Å². The minimum absolute atomic E-state index is 0.123. The van der Waals surface area contributed by atoms with E-state index in [-0.39, 0.29) is 5.91 Å². The van der Waals surface area contributed by atoms with Gasteiger partial charge in [0.15, 0.2) is 0 Å². The Bertz CT molecular complexity index is 476. The van der Waals surface area contributed by atoms with Crippen molar-refractivity contribution in [1.29, 1.82) is 0 Å². The van der Waals surface area contributed by atoms with E-state index in [1.165, 1.54) is 0 Å². The van der Waals surface area contributed by atoms with Gasteiger partial charge in [0, 0.05) is 32.0 Å². The minimum Gasteiger partial charge on any atom is -0.391 e. The van der Waals surface area contributed by atoms with Gasteiger partial charge in [-0.25, -0.2) is 0 Å². The van der Waals surface area contributed by atoms with Crippen LogP contribution in [0.1, 0.15) is 12.0 Å². The molecule has 2 rings (SSSR count). The molecule has 104 valence electrons. The molecule has 1 unspecified atom stereocenters. The summed E-state index contributed by atoms with van der Waals surface area (Å²) in [6.07, 6.45) is 0.627. The van der Waals surface area contributed by atoms with Gasteiger partial charge in [0.2, 0.25) is 5.91 Å². The predicted octanol–water partition coefficient (Wildman–Crippen LogP) is 0.351. The second kappa shape index (κ2) is 5.59. The molecule has 3 N–H and O–H groups in total. The second-order valence-corrected chi connectivity index (χ2v) is 5.05. The molecule has 0 aromatic heterocycles. The maximum Gasteiger partial charge on any atom is 0.231 e. The number of nitrogens with two attached hydrogens (primary N) is 1. The Kier molecular flexibility index (Phi) is 4.07. The van der Waals surface area contributed by atoms with E-state index < -0.39 is 6.10 Å². The van der Waals surface area contributed by atoms with Crippen molar-refractivity contribution >= 4 is 17.3 Å². The minimum atomic E-state index is -0.424. The molecule has 19 heavy (non-hydrogen) atoms. The third kappa shape index (κ3) is 2.88. The lowest BCUT2D eigenvalue weighted by Crippen LogP contribution is -2.30. The summed E-state index contributed by atoms with van der Waals surface area (Å²) in [6, 6.07) is 5.95. The third-order valence-electron chi connectivity index (χ3n) is 3.57. The Morgan fingerprint density at radius 3 is 2.95 bits per heavy atom. The monoisotopic (exact) mass is 263 g/mol. The van der Waals surface area contributed by atoms with Gasteiger partial charge in [-0.1, -0.05) is 0 Å². The fourth-order valence-corrected chi connectivity index (χ4v) is 2.40. The molecule has 1 aliphatic heterocycles. The van der Waals surface area contributed by atoms with Gasteiger partial charge in [-0.2, -0.15) is 0 Å². The van der Waals surface area contributed by atoms with Crippen LogP contribution in [-0.2, 0) is 11.2 Å². The lowest BCUT2D eigenvalue weighted by atomic mass is 10.1. The number of hydrogen-bond acceptors (Lipinski definition) is 4. The van der Waals surface area contributed by atoms with Crippen molar-refractivity contribution in [3.8, 4) is 0 Å². The summed E-state index contributed by atoms with van der Waals surface area (Å²) in [5.74, 6) is 0.123. The average molecular weight is 263 g/mol. The first-order valence-electron chi connectivity index (χ1n) is 6.51. The number of carbonyl (C=O) groups excluding carboxylic acids is 1. The highest BCUT2D eigenvalue weighted by molar-refractivity contribution is 6.01. The number of fused-ring (bicyclic) bond motifs is 1. The van der Waals surface area contributed by atoms with Crippen molar-refractivity contribution in [3.05, 3.63) is 23.8 Å². The van der Waals surface area contributed by atoms with Crippen LogP contribution in [0.15, 0.2) is 18.2 Å². The van der Waals surface area contributed by atoms with Crippen LogP contribution in [0.2, 0.25) is 0 Å². The lowest BCUT2D eigenvalue weighted by molar-refractivity contribution is -0.117. The Balaban J connectivity index is 2.11. The molecule has 0 radical (unpaired) electrons. The van der Waals surface area contributed by atoms with Gasteiger partial charge in [0.1, 0.15) is 0 Å². The van der Waals surface area contributed by atoms with E-state index in [2.05, 4.69) is 0 Å².